The summed E-state index contributed by atoms with van der Waals surface area (Å²) in [5, 5.41) is 4.08. The van der Waals surface area contributed by atoms with Gasteiger partial charge in [-0.3, -0.25) is 0 Å². The van der Waals surface area contributed by atoms with Gasteiger partial charge in [-0.05, 0) is 37.6 Å². The zero-order chi connectivity index (χ0) is 11.4. The fraction of sp³-hybridized carbons (Fsp3) is 0.500. The molecule has 1 N–H and O–H groups in total. The lowest BCUT2D eigenvalue weighted by atomic mass is 10.0. The molecule has 1 saturated heterocycles. The molecule has 0 aliphatic carbocycles. The van der Waals surface area contributed by atoms with E-state index in [2.05, 4.69) is 21.2 Å². The Kier molecular flexibility index (Phi) is 6.63. The molecule has 1 aromatic rings. The fourth-order valence-electron chi connectivity index (χ4n) is 1.89. The molecule has 2 nitrogen and oxygen atoms in total. The Bertz CT molecular complexity index is 336. The van der Waals surface area contributed by atoms with E-state index >= 15 is 0 Å². The molecule has 96 valence electrons. The van der Waals surface area contributed by atoms with Crippen molar-refractivity contribution in [1.82, 2.24) is 5.32 Å². The minimum atomic E-state index is 0. The first-order chi connectivity index (χ1) is 7.74. The number of ether oxygens (including phenoxy) is 1. The van der Waals surface area contributed by atoms with Crippen LogP contribution in [0.5, 0.6) is 5.75 Å². The number of hydrogen-bond acceptors (Lipinski definition) is 2. The number of nitrogens with one attached hydrogen (secondary N) is 1. The van der Waals surface area contributed by atoms with E-state index in [4.69, 9.17) is 16.3 Å². The van der Waals surface area contributed by atoms with Crippen LogP contribution >= 0.6 is 39.9 Å². The van der Waals surface area contributed by atoms with E-state index in [9.17, 15) is 0 Å². The van der Waals surface area contributed by atoms with Gasteiger partial charge in [-0.2, -0.15) is 0 Å². The molecule has 0 amide bonds. The first-order valence-corrected chi connectivity index (χ1v) is 6.71. The number of rotatable bonds is 3. The first kappa shape index (κ1) is 15.1. The highest BCUT2D eigenvalue weighted by Gasteiger charge is 2.13. The van der Waals surface area contributed by atoms with Crippen LogP contribution in [0.25, 0.3) is 0 Å². The quantitative estimate of drug-likeness (QED) is 0.900. The van der Waals surface area contributed by atoms with Crippen molar-refractivity contribution in [3.8, 4) is 5.75 Å². The zero-order valence-corrected chi connectivity index (χ0v) is 12.6. The maximum absolute atomic E-state index is 5.95. The van der Waals surface area contributed by atoms with Gasteiger partial charge < -0.3 is 10.1 Å². The highest BCUT2D eigenvalue weighted by atomic mass is 79.9. The van der Waals surface area contributed by atoms with E-state index in [0.29, 0.717) is 10.9 Å². The van der Waals surface area contributed by atoms with Crippen molar-refractivity contribution >= 4 is 39.9 Å². The minimum Gasteiger partial charge on any atom is -0.493 e. The summed E-state index contributed by atoms with van der Waals surface area (Å²) in [4.78, 5) is 0. The number of halogens is 3. The summed E-state index contributed by atoms with van der Waals surface area (Å²) in [6, 6.07) is 5.65. The van der Waals surface area contributed by atoms with E-state index in [0.717, 1.165) is 29.9 Å². The Balaban J connectivity index is 0.00000144. The van der Waals surface area contributed by atoms with Crippen molar-refractivity contribution in [3.63, 3.8) is 0 Å². The van der Waals surface area contributed by atoms with E-state index < -0.39 is 0 Å². The molecule has 1 fully saturated rings. The van der Waals surface area contributed by atoms with E-state index in [1.807, 2.05) is 18.2 Å². The molecule has 0 spiro atoms. The number of benzene rings is 1. The summed E-state index contributed by atoms with van der Waals surface area (Å²) in [6.45, 7) is 2.96. The van der Waals surface area contributed by atoms with Gasteiger partial charge in [-0.25, -0.2) is 0 Å². The first-order valence-electron chi connectivity index (χ1n) is 5.53. The molecule has 0 radical (unpaired) electrons. The predicted octanol–water partition coefficient (Wildman–Crippen LogP) is 3.90. The molecular weight excluding hydrogens is 325 g/mol. The molecule has 5 heteroatoms. The van der Waals surface area contributed by atoms with Gasteiger partial charge in [0.05, 0.1) is 6.61 Å². The Morgan fingerprint density at radius 1 is 1.41 bits per heavy atom. The molecule has 17 heavy (non-hydrogen) atoms. The van der Waals surface area contributed by atoms with Crippen LogP contribution in [-0.2, 0) is 0 Å². The molecule has 1 aliphatic heterocycles. The number of hydrogen-bond donors (Lipinski definition) is 1. The van der Waals surface area contributed by atoms with Crippen molar-refractivity contribution in [3.05, 3.63) is 27.7 Å². The second kappa shape index (κ2) is 7.47. The summed E-state index contributed by atoms with van der Waals surface area (Å²) in [7, 11) is 0. The maximum atomic E-state index is 5.95. The SMILES string of the molecule is Cl.Clc1cc(Br)cc(OC[C@@H]2CCCNC2)c1. The second-order valence-corrected chi connectivity index (χ2v) is 5.48. The Morgan fingerprint density at radius 2 is 2.24 bits per heavy atom. The fourth-order valence-corrected chi connectivity index (χ4v) is 2.72. The molecule has 0 aromatic heterocycles. The Hall–Kier alpha value is 0.0400. The van der Waals surface area contributed by atoms with Crippen LogP contribution in [0.1, 0.15) is 12.8 Å². The van der Waals surface area contributed by atoms with Gasteiger partial charge in [0.25, 0.3) is 0 Å². The van der Waals surface area contributed by atoms with Crippen LogP contribution < -0.4 is 10.1 Å². The van der Waals surface area contributed by atoms with Gasteiger partial charge in [0.2, 0.25) is 0 Å². The van der Waals surface area contributed by atoms with Crippen molar-refractivity contribution in [2.45, 2.75) is 12.8 Å². The van der Waals surface area contributed by atoms with Crippen LogP contribution in [0.4, 0.5) is 0 Å². The van der Waals surface area contributed by atoms with Gasteiger partial charge in [0, 0.05) is 22.0 Å². The monoisotopic (exact) mass is 339 g/mol. The molecule has 1 aliphatic rings. The van der Waals surface area contributed by atoms with Gasteiger partial charge in [0.1, 0.15) is 5.75 Å². The van der Waals surface area contributed by atoms with Crippen LogP contribution in [0, 0.1) is 5.92 Å². The normalized spacial score (nSPS) is 19.5. The topological polar surface area (TPSA) is 21.3 Å². The molecule has 0 unspecified atom stereocenters. The predicted molar refractivity (Wildman–Crippen MR) is 77.5 cm³/mol. The Morgan fingerprint density at radius 3 is 2.88 bits per heavy atom. The summed E-state index contributed by atoms with van der Waals surface area (Å²) in [6.07, 6.45) is 2.49. The van der Waals surface area contributed by atoms with Gasteiger partial charge in [-0.1, -0.05) is 27.5 Å². The average molecular weight is 341 g/mol. The van der Waals surface area contributed by atoms with Crippen LogP contribution in [-0.4, -0.2) is 19.7 Å². The van der Waals surface area contributed by atoms with Gasteiger partial charge in [0.15, 0.2) is 0 Å². The highest BCUT2D eigenvalue weighted by Crippen LogP contribution is 2.25. The van der Waals surface area contributed by atoms with Crippen molar-refractivity contribution in [2.24, 2.45) is 5.92 Å². The number of piperidine rings is 1. The molecule has 1 aromatic carbocycles. The third kappa shape index (κ3) is 5.04. The molecule has 1 heterocycles. The lowest BCUT2D eigenvalue weighted by molar-refractivity contribution is 0.218. The maximum Gasteiger partial charge on any atom is 0.121 e. The van der Waals surface area contributed by atoms with Crippen LogP contribution in [0.15, 0.2) is 22.7 Å². The van der Waals surface area contributed by atoms with Crippen molar-refractivity contribution in [1.29, 1.82) is 0 Å². The standard InChI is InChI=1S/C12H15BrClNO.ClH/c13-10-4-11(14)6-12(5-10)16-8-9-2-1-3-15-7-9;/h4-6,9,15H,1-3,7-8H2;1H/t9-;/m1./s1. The second-order valence-electron chi connectivity index (χ2n) is 4.13. The molecule has 2 rings (SSSR count). The van der Waals surface area contributed by atoms with E-state index in [-0.39, 0.29) is 12.4 Å². The Labute approximate surface area is 122 Å². The third-order valence-electron chi connectivity index (χ3n) is 2.72. The smallest absolute Gasteiger partial charge is 0.121 e. The summed E-state index contributed by atoms with van der Waals surface area (Å²) in [5.41, 5.74) is 0. The van der Waals surface area contributed by atoms with E-state index in [1.54, 1.807) is 0 Å². The summed E-state index contributed by atoms with van der Waals surface area (Å²) in [5.74, 6) is 1.46. The largest absolute Gasteiger partial charge is 0.493 e. The molecular formula is C12H16BrCl2NO. The molecule has 1 atom stereocenters. The van der Waals surface area contributed by atoms with Crippen LogP contribution in [0.3, 0.4) is 0 Å². The summed E-state index contributed by atoms with van der Waals surface area (Å²) >= 11 is 9.35. The summed E-state index contributed by atoms with van der Waals surface area (Å²) < 4.78 is 6.71. The van der Waals surface area contributed by atoms with Crippen molar-refractivity contribution < 1.29 is 4.74 Å². The molecule has 0 bridgehead atoms. The van der Waals surface area contributed by atoms with Gasteiger partial charge >= 0.3 is 0 Å². The molecule has 0 saturated carbocycles. The lowest BCUT2D eigenvalue weighted by Gasteiger charge is -2.22. The van der Waals surface area contributed by atoms with E-state index in [1.165, 1.54) is 12.8 Å². The minimum absolute atomic E-state index is 0. The van der Waals surface area contributed by atoms with Gasteiger partial charge in [-0.15, -0.1) is 12.4 Å². The zero-order valence-electron chi connectivity index (χ0n) is 9.42. The highest BCUT2D eigenvalue weighted by molar-refractivity contribution is 9.10. The average Bonchev–Trinajstić information content (AvgIpc) is 2.27. The third-order valence-corrected chi connectivity index (χ3v) is 3.40. The van der Waals surface area contributed by atoms with Crippen molar-refractivity contribution in [2.75, 3.05) is 19.7 Å². The lowest BCUT2D eigenvalue weighted by Crippen LogP contribution is -2.33. The van der Waals surface area contributed by atoms with Crippen LogP contribution in [0.2, 0.25) is 5.02 Å².